The van der Waals surface area contributed by atoms with Crippen molar-refractivity contribution in [3.8, 4) is 5.75 Å². The minimum absolute atomic E-state index is 0.0905. The Morgan fingerprint density at radius 2 is 1.49 bits per heavy atom. The number of carbonyl (C=O) groups excluding carboxylic acids is 1. The van der Waals surface area contributed by atoms with E-state index in [1.165, 1.54) is 12.3 Å². The summed E-state index contributed by atoms with van der Waals surface area (Å²) >= 11 is 0. The molecule has 3 aromatic carbocycles. The van der Waals surface area contributed by atoms with Gasteiger partial charge in [-0.2, -0.15) is 15.0 Å². The average molecular weight is 549 g/mol. The molecule has 1 aliphatic carbocycles. The molecule has 1 aromatic heterocycles. The highest BCUT2D eigenvalue weighted by Crippen LogP contribution is 2.33. The third-order valence-corrected chi connectivity index (χ3v) is 5.81. The largest absolute Gasteiger partial charge is 0.497 e. The van der Waals surface area contributed by atoms with Gasteiger partial charge in [0.15, 0.2) is 5.78 Å². The Bertz CT molecular complexity index is 1600. The Morgan fingerprint density at radius 1 is 0.854 bits per heavy atom. The van der Waals surface area contributed by atoms with Gasteiger partial charge in [0.2, 0.25) is 17.8 Å². The minimum atomic E-state index is -0.568. The molecule has 3 N–H and O–H groups in total. The lowest BCUT2D eigenvalue weighted by Crippen LogP contribution is -2.22. The number of hydrazine groups is 1. The number of hydrogen-bond acceptors (Lipinski definition) is 11. The second-order valence-electron chi connectivity index (χ2n) is 8.54. The highest BCUT2D eigenvalue weighted by Gasteiger charge is 2.19. The normalized spacial score (nSPS) is 13.3. The number of para-hydroxylation sites is 2. The van der Waals surface area contributed by atoms with Crippen LogP contribution in [0.2, 0.25) is 0 Å². The fourth-order valence-corrected chi connectivity index (χ4v) is 3.85. The van der Waals surface area contributed by atoms with Crippen LogP contribution in [-0.4, -0.2) is 32.8 Å². The van der Waals surface area contributed by atoms with Crippen molar-refractivity contribution >= 4 is 40.7 Å². The number of ketones is 1. The van der Waals surface area contributed by atoms with Gasteiger partial charge in [-0.05, 0) is 54.6 Å². The predicted octanol–water partition coefficient (Wildman–Crippen LogP) is 5.19. The van der Waals surface area contributed by atoms with E-state index < -0.39 is 4.92 Å². The topological polar surface area (TPSA) is 147 Å². The summed E-state index contributed by atoms with van der Waals surface area (Å²) < 4.78 is 5.24. The maximum atomic E-state index is 12.2. The lowest BCUT2D eigenvalue weighted by molar-refractivity contribution is -0.419. The highest BCUT2D eigenvalue weighted by molar-refractivity contribution is 6.07. The third kappa shape index (κ3) is 6.52. The van der Waals surface area contributed by atoms with E-state index in [1.807, 2.05) is 77.7 Å². The van der Waals surface area contributed by atoms with Crippen molar-refractivity contribution in [1.82, 2.24) is 20.4 Å². The molecule has 12 heteroatoms. The molecule has 4 aromatic rings. The molecule has 41 heavy (non-hydrogen) atoms. The Kier molecular flexibility index (Phi) is 7.91. The van der Waals surface area contributed by atoms with Gasteiger partial charge < -0.3 is 15.5 Å². The van der Waals surface area contributed by atoms with Crippen molar-refractivity contribution in [3.63, 3.8) is 0 Å². The molecule has 12 nitrogen and oxygen atoms in total. The first-order valence-electron chi connectivity index (χ1n) is 12.4. The van der Waals surface area contributed by atoms with Crippen LogP contribution in [-0.2, 0) is 4.79 Å². The maximum absolute atomic E-state index is 12.2. The van der Waals surface area contributed by atoms with Crippen LogP contribution in [0.25, 0.3) is 0 Å². The smallest absolute Gasteiger partial charge is 0.270 e. The second kappa shape index (κ2) is 12.2. The van der Waals surface area contributed by atoms with Crippen LogP contribution >= 0.6 is 0 Å². The molecule has 204 valence electrons. The van der Waals surface area contributed by atoms with Crippen LogP contribution < -0.4 is 25.8 Å². The number of rotatable bonds is 10. The number of allylic oxidation sites excluding steroid dienone is 4. The molecule has 0 radical (unpaired) electrons. The van der Waals surface area contributed by atoms with Gasteiger partial charge in [0.25, 0.3) is 5.70 Å². The Hall–Kier alpha value is -6.04. The van der Waals surface area contributed by atoms with Crippen LogP contribution in [0, 0.1) is 10.1 Å². The van der Waals surface area contributed by atoms with E-state index in [2.05, 4.69) is 26.1 Å². The van der Waals surface area contributed by atoms with Gasteiger partial charge in [-0.25, -0.2) is 0 Å². The summed E-state index contributed by atoms with van der Waals surface area (Å²) in [6.45, 7) is 0. The molecular weight excluding hydrogens is 524 g/mol. The molecule has 0 spiro atoms. The molecule has 0 saturated carbocycles. The van der Waals surface area contributed by atoms with E-state index in [-0.39, 0.29) is 29.0 Å². The van der Waals surface area contributed by atoms with Crippen molar-refractivity contribution in [3.05, 3.63) is 131 Å². The van der Waals surface area contributed by atoms with E-state index in [0.29, 0.717) is 17.4 Å². The van der Waals surface area contributed by atoms with E-state index in [1.54, 1.807) is 19.2 Å². The number of methoxy groups -OCH3 is 1. The molecular formula is C29H24N8O4. The predicted molar refractivity (Wildman–Crippen MR) is 155 cm³/mol. The van der Waals surface area contributed by atoms with E-state index in [4.69, 9.17) is 9.72 Å². The fraction of sp³-hybridized carbons (Fsp3) is 0.0345. The summed E-state index contributed by atoms with van der Waals surface area (Å²) in [6, 6.07) is 26.5. The zero-order chi connectivity index (χ0) is 28.6. The van der Waals surface area contributed by atoms with Crippen LogP contribution in [0.4, 0.5) is 34.9 Å². The van der Waals surface area contributed by atoms with Crippen molar-refractivity contribution in [2.75, 3.05) is 22.8 Å². The summed E-state index contributed by atoms with van der Waals surface area (Å²) in [5.41, 5.74) is 7.85. The van der Waals surface area contributed by atoms with Crippen molar-refractivity contribution in [2.24, 2.45) is 0 Å². The molecule has 0 bridgehead atoms. The Balaban J connectivity index is 1.51. The molecule has 0 atom stereocenters. The van der Waals surface area contributed by atoms with Gasteiger partial charge in [0.1, 0.15) is 5.75 Å². The van der Waals surface area contributed by atoms with Gasteiger partial charge in [-0.1, -0.05) is 36.4 Å². The SMILES string of the molecule is COc1ccc(Nc2nc(NN/C=C3/C=C([N+](=O)[O-])C=CC3=O)nc(N(c3ccccc3)c3ccccc3)n2)cc1. The molecule has 0 fully saturated rings. The standard InChI is InChI=1S/C29H24N8O4/c1-41-25-15-12-21(13-16-25)31-27-32-28(35-30-19-20-18-24(37(39)40)14-17-26(20)38)34-29(33-27)36(22-8-4-2-5-9-22)23-10-6-3-7-11-23/h2-19,30H,1H3,(H2,31,32,33,34,35)/b20-19-. The quantitative estimate of drug-likeness (QED) is 0.137. The van der Waals surface area contributed by atoms with Crippen LogP contribution in [0.5, 0.6) is 5.75 Å². The molecule has 5 rings (SSSR count). The molecule has 1 aliphatic rings. The minimum Gasteiger partial charge on any atom is -0.497 e. The summed E-state index contributed by atoms with van der Waals surface area (Å²) in [5.74, 6) is 0.977. The van der Waals surface area contributed by atoms with E-state index >= 15 is 0 Å². The number of hydrogen-bond donors (Lipinski definition) is 3. The van der Waals surface area contributed by atoms with Gasteiger partial charge >= 0.3 is 0 Å². The molecule has 0 amide bonds. The Labute approximate surface area is 234 Å². The molecule has 1 heterocycles. The average Bonchev–Trinajstić information content (AvgIpc) is 2.99. The molecule has 0 saturated heterocycles. The number of nitrogens with one attached hydrogen (secondary N) is 3. The summed E-state index contributed by atoms with van der Waals surface area (Å²) in [5, 5.41) is 14.3. The molecule has 0 unspecified atom stereocenters. The summed E-state index contributed by atoms with van der Waals surface area (Å²) in [6.07, 6.45) is 4.78. The summed E-state index contributed by atoms with van der Waals surface area (Å²) in [7, 11) is 1.59. The first-order chi connectivity index (χ1) is 20.0. The number of ether oxygens (including phenoxy) is 1. The number of aromatic nitrogens is 3. The zero-order valence-corrected chi connectivity index (χ0v) is 21.8. The van der Waals surface area contributed by atoms with Gasteiger partial charge in [-0.3, -0.25) is 25.2 Å². The lowest BCUT2D eigenvalue weighted by atomic mass is 10.1. The van der Waals surface area contributed by atoms with Gasteiger partial charge in [-0.15, -0.1) is 0 Å². The number of benzene rings is 3. The Morgan fingerprint density at radius 3 is 2.10 bits per heavy atom. The second-order valence-corrected chi connectivity index (χ2v) is 8.54. The van der Waals surface area contributed by atoms with Crippen molar-refractivity contribution in [1.29, 1.82) is 0 Å². The van der Waals surface area contributed by atoms with Crippen molar-refractivity contribution in [2.45, 2.75) is 0 Å². The van der Waals surface area contributed by atoms with Crippen LogP contribution in [0.3, 0.4) is 0 Å². The van der Waals surface area contributed by atoms with Gasteiger partial charge in [0, 0.05) is 41.0 Å². The highest BCUT2D eigenvalue weighted by atomic mass is 16.6. The summed E-state index contributed by atoms with van der Waals surface area (Å²) in [4.78, 5) is 38.4. The van der Waals surface area contributed by atoms with Crippen LogP contribution in [0.1, 0.15) is 0 Å². The third-order valence-electron chi connectivity index (χ3n) is 5.81. The van der Waals surface area contributed by atoms with Crippen molar-refractivity contribution < 1.29 is 14.5 Å². The number of carbonyl (C=O) groups is 1. The number of nitrogens with zero attached hydrogens (tertiary/aromatic N) is 5. The zero-order valence-electron chi connectivity index (χ0n) is 21.8. The van der Waals surface area contributed by atoms with E-state index in [9.17, 15) is 14.9 Å². The van der Waals surface area contributed by atoms with Gasteiger partial charge in [0.05, 0.1) is 12.0 Å². The van der Waals surface area contributed by atoms with Crippen LogP contribution in [0.15, 0.2) is 121 Å². The number of nitro groups is 1. The lowest BCUT2D eigenvalue weighted by Gasteiger charge is -2.23. The number of anilines is 6. The van der Waals surface area contributed by atoms with E-state index in [0.717, 1.165) is 23.5 Å². The molecule has 0 aliphatic heterocycles. The first-order valence-corrected chi connectivity index (χ1v) is 12.4. The fourth-order valence-electron chi connectivity index (χ4n) is 3.85. The first kappa shape index (κ1) is 26.6. The monoisotopic (exact) mass is 548 g/mol. The maximum Gasteiger partial charge on any atom is 0.270 e.